The van der Waals surface area contributed by atoms with E-state index in [0.717, 1.165) is 22.3 Å². The highest BCUT2D eigenvalue weighted by Crippen LogP contribution is 2.30. The van der Waals surface area contributed by atoms with Crippen LogP contribution in [0.3, 0.4) is 0 Å². The van der Waals surface area contributed by atoms with Gasteiger partial charge in [-0.1, -0.05) is 29.5 Å². The van der Waals surface area contributed by atoms with Gasteiger partial charge in [-0.2, -0.15) is 0 Å². The van der Waals surface area contributed by atoms with Crippen molar-refractivity contribution in [1.29, 1.82) is 0 Å². The minimum absolute atomic E-state index is 0.184. The van der Waals surface area contributed by atoms with Crippen LogP contribution in [0.15, 0.2) is 50.8 Å². The Bertz CT molecular complexity index is 625. The fraction of sp³-hybridized carbons (Fsp3) is 0.412. The van der Waals surface area contributed by atoms with E-state index in [1.165, 1.54) is 5.56 Å². The molecule has 0 spiro atoms. The zero-order valence-electron chi connectivity index (χ0n) is 12.7. The number of nitrogens with zero attached hydrogens (tertiary/aromatic N) is 1. The summed E-state index contributed by atoms with van der Waals surface area (Å²) in [5, 5.41) is 20.1. The van der Waals surface area contributed by atoms with E-state index in [1.807, 2.05) is 12.1 Å². The standard InChI is InChI=1S/C17H21NO3S/c1-13-2-5-15(6-3-13)22-16-7-4-14(21-16)10-18-9-8-17(20,11-18)12-19/h2-7,19-20H,8-12H2,1H3/t17-/m1/s1. The molecule has 3 rings (SSSR count). The molecule has 1 aromatic carbocycles. The molecule has 1 aliphatic rings. The first kappa shape index (κ1) is 15.6. The van der Waals surface area contributed by atoms with Crippen molar-refractivity contribution >= 4 is 11.8 Å². The maximum absolute atomic E-state index is 10.0. The summed E-state index contributed by atoms with van der Waals surface area (Å²) >= 11 is 1.60. The van der Waals surface area contributed by atoms with Crippen molar-refractivity contribution in [3.63, 3.8) is 0 Å². The molecule has 22 heavy (non-hydrogen) atoms. The Hall–Kier alpha value is -1.27. The third-order valence-electron chi connectivity index (χ3n) is 3.96. The molecule has 4 nitrogen and oxygen atoms in total. The largest absolute Gasteiger partial charge is 0.453 e. The summed E-state index contributed by atoms with van der Waals surface area (Å²) < 4.78 is 5.86. The van der Waals surface area contributed by atoms with Crippen LogP contribution in [0, 0.1) is 6.92 Å². The first-order valence-corrected chi connectivity index (χ1v) is 8.27. The molecule has 1 fully saturated rings. The van der Waals surface area contributed by atoms with Gasteiger partial charge in [0.1, 0.15) is 11.4 Å². The second kappa shape index (κ2) is 6.46. The SMILES string of the molecule is Cc1ccc(Sc2ccc(CN3CC[C@](O)(CO)C3)o2)cc1. The maximum atomic E-state index is 10.0. The predicted octanol–water partition coefficient (Wildman–Crippen LogP) is 2.67. The summed E-state index contributed by atoms with van der Waals surface area (Å²) in [6.07, 6.45) is 0.606. The van der Waals surface area contributed by atoms with Gasteiger partial charge in [0.15, 0.2) is 5.09 Å². The third-order valence-corrected chi connectivity index (χ3v) is 4.89. The molecule has 1 aromatic heterocycles. The molecule has 5 heteroatoms. The molecule has 0 amide bonds. The topological polar surface area (TPSA) is 56.8 Å². The Morgan fingerprint density at radius 2 is 2.00 bits per heavy atom. The van der Waals surface area contributed by atoms with Gasteiger partial charge in [-0.05, 0) is 37.6 Å². The minimum atomic E-state index is -0.952. The zero-order valence-corrected chi connectivity index (χ0v) is 13.5. The number of likely N-dealkylation sites (tertiary alicyclic amines) is 1. The van der Waals surface area contributed by atoms with Crippen LogP contribution in [0.25, 0.3) is 0 Å². The Balaban J connectivity index is 1.59. The van der Waals surface area contributed by atoms with Gasteiger partial charge in [-0.15, -0.1) is 0 Å². The number of hydrogen-bond acceptors (Lipinski definition) is 5. The van der Waals surface area contributed by atoms with E-state index in [0.29, 0.717) is 19.5 Å². The van der Waals surface area contributed by atoms with Gasteiger partial charge in [-0.3, -0.25) is 4.90 Å². The molecule has 0 aliphatic carbocycles. The average molecular weight is 319 g/mol. The summed E-state index contributed by atoms with van der Waals surface area (Å²) in [6.45, 7) is 3.82. The van der Waals surface area contributed by atoms with Gasteiger partial charge < -0.3 is 14.6 Å². The van der Waals surface area contributed by atoms with Crippen LogP contribution >= 0.6 is 11.8 Å². The minimum Gasteiger partial charge on any atom is -0.453 e. The van der Waals surface area contributed by atoms with E-state index in [1.54, 1.807) is 11.8 Å². The Kier molecular flexibility index (Phi) is 4.59. The predicted molar refractivity (Wildman–Crippen MR) is 85.9 cm³/mol. The molecular weight excluding hydrogens is 298 g/mol. The molecule has 118 valence electrons. The van der Waals surface area contributed by atoms with Crippen LogP contribution in [0.2, 0.25) is 0 Å². The van der Waals surface area contributed by atoms with Gasteiger partial charge in [0.25, 0.3) is 0 Å². The van der Waals surface area contributed by atoms with Crippen molar-refractivity contribution < 1.29 is 14.6 Å². The summed E-state index contributed by atoms with van der Waals surface area (Å²) in [7, 11) is 0. The summed E-state index contributed by atoms with van der Waals surface area (Å²) in [5.74, 6) is 0.886. The molecule has 0 saturated carbocycles. The molecule has 1 aliphatic heterocycles. The molecule has 0 unspecified atom stereocenters. The fourth-order valence-electron chi connectivity index (χ4n) is 2.65. The number of rotatable bonds is 5. The Labute approximate surface area is 134 Å². The number of benzene rings is 1. The van der Waals surface area contributed by atoms with Crippen LogP contribution in [0.5, 0.6) is 0 Å². The van der Waals surface area contributed by atoms with E-state index >= 15 is 0 Å². The fourth-order valence-corrected chi connectivity index (χ4v) is 3.43. The highest BCUT2D eigenvalue weighted by atomic mass is 32.2. The number of furan rings is 1. The molecule has 1 atom stereocenters. The summed E-state index contributed by atoms with van der Waals surface area (Å²) in [4.78, 5) is 3.26. The van der Waals surface area contributed by atoms with Crippen molar-refractivity contribution in [3.05, 3.63) is 47.7 Å². The van der Waals surface area contributed by atoms with Gasteiger partial charge >= 0.3 is 0 Å². The quantitative estimate of drug-likeness (QED) is 0.887. The zero-order chi connectivity index (χ0) is 15.6. The monoisotopic (exact) mass is 319 g/mol. The van der Waals surface area contributed by atoms with Crippen LogP contribution in [0.4, 0.5) is 0 Å². The van der Waals surface area contributed by atoms with Crippen molar-refractivity contribution in [2.75, 3.05) is 19.7 Å². The third kappa shape index (κ3) is 3.73. The number of hydrogen-bond donors (Lipinski definition) is 2. The lowest BCUT2D eigenvalue weighted by molar-refractivity contribution is -0.00623. The molecule has 0 bridgehead atoms. The van der Waals surface area contributed by atoms with Gasteiger partial charge in [0.2, 0.25) is 0 Å². The average Bonchev–Trinajstić information content (AvgIpc) is 3.10. The van der Waals surface area contributed by atoms with Gasteiger partial charge in [0.05, 0.1) is 13.2 Å². The van der Waals surface area contributed by atoms with Crippen molar-refractivity contribution in [3.8, 4) is 0 Å². The van der Waals surface area contributed by atoms with Crippen molar-refractivity contribution in [1.82, 2.24) is 4.90 Å². The highest BCUT2D eigenvalue weighted by molar-refractivity contribution is 7.99. The van der Waals surface area contributed by atoms with Crippen LogP contribution < -0.4 is 0 Å². The molecular formula is C17H21NO3S. The number of aliphatic hydroxyl groups is 2. The first-order chi connectivity index (χ1) is 10.6. The van der Waals surface area contributed by atoms with Crippen LogP contribution in [-0.2, 0) is 6.54 Å². The Morgan fingerprint density at radius 1 is 1.23 bits per heavy atom. The lowest BCUT2D eigenvalue weighted by Crippen LogP contribution is -2.36. The first-order valence-electron chi connectivity index (χ1n) is 7.45. The van der Waals surface area contributed by atoms with Crippen LogP contribution in [-0.4, -0.2) is 40.4 Å². The molecule has 0 radical (unpaired) electrons. The lowest BCUT2D eigenvalue weighted by atomic mass is 10.1. The molecule has 2 heterocycles. The van der Waals surface area contributed by atoms with E-state index < -0.39 is 5.60 Å². The smallest absolute Gasteiger partial charge is 0.165 e. The van der Waals surface area contributed by atoms with E-state index in [9.17, 15) is 10.2 Å². The normalized spacial score (nSPS) is 22.3. The van der Waals surface area contributed by atoms with E-state index in [4.69, 9.17) is 4.42 Å². The van der Waals surface area contributed by atoms with E-state index in [2.05, 4.69) is 36.1 Å². The number of β-amino-alcohol motifs (C(OH)–C–C–N with tert-alkyl or cyclic N) is 1. The molecule has 2 aromatic rings. The highest BCUT2D eigenvalue weighted by Gasteiger charge is 2.35. The summed E-state index contributed by atoms with van der Waals surface area (Å²) in [6, 6.07) is 12.3. The van der Waals surface area contributed by atoms with Gasteiger partial charge in [0, 0.05) is 18.0 Å². The number of aryl methyl sites for hydroxylation is 1. The number of aliphatic hydroxyl groups excluding tert-OH is 1. The van der Waals surface area contributed by atoms with Crippen molar-refractivity contribution in [2.24, 2.45) is 0 Å². The molecule has 2 N–H and O–H groups in total. The van der Waals surface area contributed by atoms with Gasteiger partial charge in [-0.25, -0.2) is 0 Å². The Morgan fingerprint density at radius 3 is 2.68 bits per heavy atom. The second-order valence-electron chi connectivity index (χ2n) is 5.98. The maximum Gasteiger partial charge on any atom is 0.165 e. The second-order valence-corrected chi connectivity index (χ2v) is 7.06. The van der Waals surface area contributed by atoms with Crippen molar-refractivity contribution in [2.45, 2.75) is 35.5 Å². The van der Waals surface area contributed by atoms with Crippen LogP contribution in [0.1, 0.15) is 17.7 Å². The molecule has 1 saturated heterocycles. The lowest BCUT2D eigenvalue weighted by Gasteiger charge is -2.20. The summed E-state index contributed by atoms with van der Waals surface area (Å²) in [5.41, 5.74) is 0.293. The van der Waals surface area contributed by atoms with E-state index in [-0.39, 0.29) is 6.61 Å².